The van der Waals surface area contributed by atoms with Crippen molar-refractivity contribution in [3.05, 3.63) is 0 Å². The van der Waals surface area contributed by atoms with Gasteiger partial charge in [-0.05, 0) is 33.1 Å². The topological polar surface area (TPSA) is 29.3 Å². The lowest BCUT2D eigenvalue weighted by molar-refractivity contribution is 0.0857. The van der Waals surface area contributed by atoms with Gasteiger partial charge >= 0.3 is 0 Å². The predicted octanol–water partition coefficient (Wildman–Crippen LogP) is 2.19. The highest BCUT2D eigenvalue weighted by atomic mass is 32.2. The van der Waals surface area contributed by atoms with E-state index in [0.29, 0.717) is 6.04 Å². The van der Waals surface area contributed by atoms with Crippen LogP contribution in [0.25, 0.3) is 0 Å². The molecular formula is C11H26N2S. The molecule has 3 heteroatoms. The average molecular weight is 218 g/mol. The van der Waals surface area contributed by atoms with Crippen molar-refractivity contribution in [2.75, 3.05) is 25.6 Å². The molecule has 0 aromatic rings. The SMILES string of the molecule is CCC(CC)(CN)N(C)C(C)CSC. The summed E-state index contributed by atoms with van der Waals surface area (Å²) in [4.78, 5) is 2.46. The monoisotopic (exact) mass is 218 g/mol. The summed E-state index contributed by atoms with van der Waals surface area (Å²) in [6.07, 6.45) is 4.43. The Morgan fingerprint density at radius 2 is 1.86 bits per heavy atom. The Bertz CT molecular complexity index is 138. The molecule has 0 saturated heterocycles. The van der Waals surface area contributed by atoms with Crippen LogP contribution in [0.4, 0.5) is 0 Å². The lowest BCUT2D eigenvalue weighted by Crippen LogP contribution is -2.55. The van der Waals surface area contributed by atoms with Gasteiger partial charge in [0.05, 0.1) is 0 Å². The Morgan fingerprint density at radius 1 is 1.36 bits per heavy atom. The quantitative estimate of drug-likeness (QED) is 0.710. The molecule has 2 N–H and O–H groups in total. The van der Waals surface area contributed by atoms with Crippen LogP contribution in [-0.4, -0.2) is 42.1 Å². The number of hydrogen-bond acceptors (Lipinski definition) is 3. The van der Waals surface area contributed by atoms with Crippen LogP contribution in [0.15, 0.2) is 0 Å². The molecule has 1 unspecified atom stereocenters. The number of nitrogens with two attached hydrogens (primary N) is 1. The Labute approximate surface area is 93.6 Å². The second-order valence-electron chi connectivity index (χ2n) is 4.05. The fraction of sp³-hybridized carbons (Fsp3) is 1.00. The average Bonchev–Trinajstić information content (AvgIpc) is 2.21. The van der Waals surface area contributed by atoms with Crippen LogP contribution in [0, 0.1) is 0 Å². The predicted molar refractivity (Wildman–Crippen MR) is 68.0 cm³/mol. The van der Waals surface area contributed by atoms with Gasteiger partial charge in [0.2, 0.25) is 0 Å². The fourth-order valence-corrected chi connectivity index (χ4v) is 2.71. The standard InChI is InChI=1S/C11H26N2S/c1-6-11(7-2,9-12)13(4)10(3)8-14-5/h10H,6-9,12H2,1-5H3. The van der Waals surface area contributed by atoms with Crippen molar-refractivity contribution in [2.24, 2.45) is 5.73 Å². The Kier molecular flexibility index (Phi) is 6.83. The van der Waals surface area contributed by atoms with E-state index in [9.17, 15) is 0 Å². The highest BCUT2D eigenvalue weighted by Crippen LogP contribution is 2.24. The molecular weight excluding hydrogens is 192 g/mol. The van der Waals surface area contributed by atoms with E-state index in [1.807, 2.05) is 11.8 Å². The molecule has 0 radical (unpaired) electrons. The maximum Gasteiger partial charge on any atom is 0.0326 e. The minimum Gasteiger partial charge on any atom is -0.329 e. The molecule has 14 heavy (non-hydrogen) atoms. The van der Waals surface area contributed by atoms with E-state index in [1.54, 1.807) is 0 Å². The first kappa shape index (κ1) is 14.3. The van der Waals surface area contributed by atoms with E-state index >= 15 is 0 Å². The molecule has 86 valence electrons. The van der Waals surface area contributed by atoms with Gasteiger partial charge in [-0.25, -0.2) is 0 Å². The van der Waals surface area contributed by atoms with Gasteiger partial charge < -0.3 is 5.73 Å². The van der Waals surface area contributed by atoms with Crippen LogP contribution >= 0.6 is 11.8 Å². The molecule has 0 bridgehead atoms. The number of hydrogen-bond donors (Lipinski definition) is 1. The van der Waals surface area contributed by atoms with Crippen molar-refractivity contribution in [1.82, 2.24) is 4.90 Å². The fourth-order valence-electron chi connectivity index (χ4n) is 2.00. The summed E-state index contributed by atoms with van der Waals surface area (Å²) < 4.78 is 0. The minimum absolute atomic E-state index is 0.204. The molecule has 0 aliphatic rings. The van der Waals surface area contributed by atoms with Gasteiger partial charge in [-0.1, -0.05) is 13.8 Å². The van der Waals surface area contributed by atoms with Crippen LogP contribution < -0.4 is 5.73 Å². The number of likely N-dealkylation sites (N-methyl/N-ethyl adjacent to an activating group) is 1. The summed E-state index contributed by atoms with van der Waals surface area (Å²) in [5.74, 6) is 1.18. The lowest BCUT2D eigenvalue weighted by atomic mass is 9.90. The summed E-state index contributed by atoms with van der Waals surface area (Å²) in [5, 5.41) is 0. The molecule has 0 fully saturated rings. The van der Waals surface area contributed by atoms with Crippen molar-refractivity contribution in [1.29, 1.82) is 0 Å². The lowest BCUT2D eigenvalue weighted by Gasteiger charge is -2.43. The van der Waals surface area contributed by atoms with Crippen molar-refractivity contribution in [3.63, 3.8) is 0 Å². The van der Waals surface area contributed by atoms with Gasteiger partial charge in [-0.3, -0.25) is 4.90 Å². The molecule has 0 aromatic carbocycles. The number of nitrogens with zero attached hydrogens (tertiary/aromatic N) is 1. The Balaban J connectivity index is 4.48. The van der Waals surface area contributed by atoms with E-state index < -0.39 is 0 Å². The highest BCUT2D eigenvalue weighted by molar-refractivity contribution is 7.98. The summed E-state index contributed by atoms with van der Waals surface area (Å²) in [7, 11) is 2.21. The zero-order valence-corrected chi connectivity index (χ0v) is 11.2. The molecule has 0 aromatic heterocycles. The van der Waals surface area contributed by atoms with E-state index in [-0.39, 0.29) is 5.54 Å². The first-order chi connectivity index (χ1) is 6.57. The normalized spacial score (nSPS) is 14.8. The molecule has 1 atom stereocenters. The van der Waals surface area contributed by atoms with Crippen LogP contribution in [0.1, 0.15) is 33.6 Å². The second-order valence-corrected chi connectivity index (χ2v) is 4.96. The molecule has 0 aliphatic heterocycles. The second kappa shape index (κ2) is 6.70. The molecule has 0 saturated carbocycles. The van der Waals surface area contributed by atoms with Gasteiger partial charge in [0.15, 0.2) is 0 Å². The van der Waals surface area contributed by atoms with Gasteiger partial charge in [0.25, 0.3) is 0 Å². The van der Waals surface area contributed by atoms with Crippen LogP contribution in [-0.2, 0) is 0 Å². The molecule has 0 amide bonds. The van der Waals surface area contributed by atoms with Crippen LogP contribution in [0.3, 0.4) is 0 Å². The Morgan fingerprint density at radius 3 is 2.14 bits per heavy atom. The van der Waals surface area contributed by atoms with Crippen molar-refractivity contribution >= 4 is 11.8 Å². The third-order valence-electron chi connectivity index (χ3n) is 3.51. The van der Waals surface area contributed by atoms with Gasteiger partial charge in [-0.15, -0.1) is 0 Å². The summed E-state index contributed by atoms with van der Waals surface area (Å²) in [5.41, 5.74) is 6.12. The van der Waals surface area contributed by atoms with Crippen molar-refractivity contribution < 1.29 is 0 Å². The summed E-state index contributed by atoms with van der Waals surface area (Å²) in [6, 6.07) is 0.605. The third-order valence-corrected chi connectivity index (χ3v) is 4.33. The zero-order chi connectivity index (χ0) is 11.2. The highest BCUT2D eigenvalue weighted by Gasteiger charge is 2.31. The summed E-state index contributed by atoms with van der Waals surface area (Å²) in [6.45, 7) is 7.51. The Hall–Kier alpha value is 0.270. The molecule has 0 aliphatic carbocycles. The number of rotatable bonds is 7. The van der Waals surface area contributed by atoms with E-state index in [1.165, 1.54) is 5.75 Å². The largest absolute Gasteiger partial charge is 0.329 e. The van der Waals surface area contributed by atoms with E-state index in [0.717, 1.165) is 19.4 Å². The molecule has 0 rings (SSSR count). The molecule has 0 spiro atoms. The number of thioether (sulfide) groups is 1. The van der Waals surface area contributed by atoms with E-state index in [2.05, 4.69) is 39.0 Å². The van der Waals surface area contributed by atoms with E-state index in [4.69, 9.17) is 5.73 Å². The zero-order valence-electron chi connectivity index (χ0n) is 10.3. The van der Waals surface area contributed by atoms with Gasteiger partial charge in [0.1, 0.15) is 0 Å². The first-order valence-electron chi connectivity index (χ1n) is 5.49. The first-order valence-corrected chi connectivity index (χ1v) is 6.89. The van der Waals surface area contributed by atoms with Crippen molar-refractivity contribution in [3.8, 4) is 0 Å². The molecule has 0 heterocycles. The minimum atomic E-state index is 0.204. The van der Waals surface area contributed by atoms with Gasteiger partial charge in [-0.2, -0.15) is 11.8 Å². The van der Waals surface area contributed by atoms with Crippen LogP contribution in [0.2, 0.25) is 0 Å². The van der Waals surface area contributed by atoms with Gasteiger partial charge in [0, 0.05) is 23.9 Å². The van der Waals surface area contributed by atoms with Crippen molar-refractivity contribution in [2.45, 2.75) is 45.2 Å². The van der Waals surface area contributed by atoms with Crippen LogP contribution in [0.5, 0.6) is 0 Å². The summed E-state index contributed by atoms with van der Waals surface area (Å²) >= 11 is 1.90. The smallest absolute Gasteiger partial charge is 0.0326 e. The molecule has 2 nitrogen and oxygen atoms in total. The maximum atomic E-state index is 5.92. The maximum absolute atomic E-state index is 5.92. The third kappa shape index (κ3) is 3.14.